The van der Waals surface area contributed by atoms with Gasteiger partial charge in [-0.3, -0.25) is 9.59 Å². The van der Waals surface area contributed by atoms with Gasteiger partial charge in [0.15, 0.2) is 0 Å². The molecule has 0 saturated carbocycles. The Morgan fingerprint density at radius 2 is 1.62 bits per heavy atom. The molecule has 1 heterocycles. The second-order valence-electron chi connectivity index (χ2n) is 6.71. The van der Waals surface area contributed by atoms with E-state index in [2.05, 4.69) is 26.0 Å². The zero-order chi connectivity index (χ0) is 17.5. The molecule has 2 amide bonds. The largest absolute Gasteiger partial charge is 0.341 e. The van der Waals surface area contributed by atoms with Crippen LogP contribution in [0.15, 0.2) is 24.3 Å². The van der Waals surface area contributed by atoms with Gasteiger partial charge in [-0.05, 0) is 42.9 Å². The quantitative estimate of drug-likeness (QED) is 0.826. The Balaban J connectivity index is 1.98. The van der Waals surface area contributed by atoms with E-state index in [0.29, 0.717) is 25.4 Å². The van der Waals surface area contributed by atoms with Gasteiger partial charge in [0.1, 0.15) is 0 Å². The number of amides is 2. The summed E-state index contributed by atoms with van der Waals surface area (Å²) >= 11 is 0. The van der Waals surface area contributed by atoms with Gasteiger partial charge in [-0.25, -0.2) is 0 Å². The number of hydrogen-bond acceptors (Lipinski definition) is 2. The summed E-state index contributed by atoms with van der Waals surface area (Å²) in [4.78, 5) is 28.6. The molecule has 0 aliphatic carbocycles. The molecule has 2 rings (SSSR count). The van der Waals surface area contributed by atoms with Crippen molar-refractivity contribution in [2.45, 2.75) is 52.4 Å². The van der Waals surface area contributed by atoms with Crippen molar-refractivity contribution in [2.24, 2.45) is 0 Å². The molecule has 0 radical (unpaired) electrons. The molecule has 1 aromatic rings. The fourth-order valence-corrected chi connectivity index (χ4v) is 3.11. The van der Waals surface area contributed by atoms with Gasteiger partial charge in [-0.1, -0.05) is 32.9 Å². The maximum absolute atomic E-state index is 12.7. The summed E-state index contributed by atoms with van der Waals surface area (Å²) in [5, 5.41) is 0. The van der Waals surface area contributed by atoms with E-state index in [0.717, 1.165) is 37.9 Å². The van der Waals surface area contributed by atoms with Crippen molar-refractivity contribution in [3.63, 3.8) is 0 Å². The first-order chi connectivity index (χ1) is 11.6. The molecule has 1 saturated heterocycles. The van der Waals surface area contributed by atoms with Crippen LogP contribution < -0.4 is 0 Å². The lowest BCUT2D eigenvalue weighted by Crippen LogP contribution is -2.37. The van der Waals surface area contributed by atoms with Crippen LogP contribution in [-0.2, 0) is 4.79 Å². The van der Waals surface area contributed by atoms with Gasteiger partial charge in [0.25, 0.3) is 5.91 Å². The highest BCUT2D eigenvalue weighted by Gasteiger charge is 2.22. The highest BCUT2D eigenvalue weighted by atomic mass is 16.2. The number of nitrogens with zero attached hydrogens (tertiary/aromatic N) is 2. The number of rotatable bonds is 5. The van der Waals surface area contributed by atoms with Crippen molar-refractivity contribution in [3.05, 3.63) is 35.4 Å². The minimum Gasteiger partial charge on any atom is -0.341 e. The molecule has 132 valence electrons. The van der Waals surface area contributed by atoms with Gasteiger partial charge in [-0.15, -0.1) is 0 Å². The molecule has 1 aliphatic heterocycles. The van der Waals surface area contributed by atoms with E-state index < -0.39 is 0 Å². The predicted octanol–water partition coefficient (Wildman–Crippen LogP) is 3.67. The highest BCUT2D eigenvalue weighted by Crippen LogP contribution is 2.19. The SMILES string of the molecule is CCCC(=O)N1CCCN(C(=O)c2ccc(C(C)CC)cc2)CC1. The fourth-order valence-electron chi connectivity index (χ4n) is 3.11. The Morgan fingerprint density at radius 3 is 2.25 bits per heavy atom. The smallest absolute Gasteiger partial charge is 0.253 e. The zero-order valence-corrected chi connectivity index (χ0v) is 15.3. The van der Waals surface area contributed by atoms with Gasteiger partial charge >= 0.3 is 0 Å². The standard InChI is InChI=1S/C20H30N2O2/c1-4-7-19(23)21-12-6-13-22(15-14-21)20(24)18-10-8-17(9-11-18)16(3)5-2/h8-11,16H,4-7,12-15H2,1-3H3. The average molecular weight is 330 g/mol. The van der Waals surface area contributed by atoms with Crippen molar-refractivity contribution in [3.8, 4) is 0 Å². The van der Waals surface area contributed by atoms with Gasteiger partial charge in [0, 0.05) is 38.2 Å². The first-order valence-electron chi connectivity index (χ1n) is 9.23. The Morgan fingerprint density at radius 1 is 1.00 bits per heavy atom. The van der Waals surface area contributed by atoms with Crippen LogP contribution in [0.1, 0.15) is 68.3 Å². The van der Waals surface area contributed by atoms with Gasteiger partial charge < -0.3 is 9.80 Å². The number of benzene rings is 1. The lowest BCUT2D eigenvalue weighted by atomic mass is 9.97. The predicted molar refractivity (Wildman–Crippen MR) is 97.2 cm³/mol. The minimum atomic E-state index is 0.0792. The summed E-state index contributed by atoms with van der Waals surface area (Å²) in [7, 11) is 0. The van der Waals surface area contributed by atoms with E-state index in [1.54, 1.807) is 0 Å². The molecule has 4 nitrogen and oxygen atoms in total. The van der Waals surface area contributed by atoms with E-state index in [1.807, 2.05) is 28.9 Å². The molecule has 1 aliphatic rings. The van der Waals surface area contributed by atoms with Crippen LogP contribution >= 0.6 is 0 Å². The molecule has 1 unspecified atom stereocenters. The van der Waals surface area contributed by atoms with E-state index in [-0.39, 0.29) is 11.8 Å². The van der Waals surface area contributed by atoms with Crippen molar-refractivity contribution in [1.29, 1.82) is 0 Å². The summed E-state index contributed by atoms with van der Waals surface area (Å²) in [6.45, 7) is 9.16. The maximum Gasteiger partial charge on any atom is 0.253 e. The van der Waals surface area contributed by atoms with Crippen molar-refractivity contribution in [2.75, 3.05) is 26.2 Å². The molecule has 24 heavy (non-hydrogen) atoms. The van der Waals surface area contributed by atoms with Crippen molar-refractivity contribution < 1.29 is 9.59 Å². The molecular weight excluding hydrogens is 300 g/mol. The Kier molecular flexibility index (Phi) is 6.83. The summed E-state index contributed by atoms with van der Waals surface area (Å²) in [6, 6.07) is 8.01. The molecule has 1 atom stereocenters. The Labute approximate surface area is 145 Å². The van der Waals surface area contributed by atoms with E-state index in [9.17, 15) is 9.59 Å². The second-order valence-corrected chi connectivity index (χ2v) is 6.71. The van der Waals surface area contributed by atoms with Crippen LogP contribution in [0.3, 0.4) is 0 Å². The lowest BCUT2D eigenvalue weighted by molar-refractivity contribution is -0.131. The second kappa shape index (κ2) is 8.86. The number of hydrogen-bond donors (Lipinski definition) is 0. The van der Waals surface area contributed by atoms with E-state index in [4.69, 9.17) is 0 Å². The Bertz CT molecular complexity index is 553. The Hall–Kier alpha value is -1.84. The number of carbonyl (C=O) groups is 2. The maximum atomic E-state index is 12.7. The molecule has 1 aromatic carbocycles. The third-order valence-corrected chi connectivity index (χ3v) is 4.94. The molecule has 0 N–H and O–H groups in total. The molecule has 4 heteroatoms. The molecular formula is C20H30N2O2. The van der Waals surface area contributed by atoms with Crippen LogP contribution in [0.4, 0.5) is 0 Å². The van der Waals surface area contributed by atoms with Gasteiger partial charge in [0.2, 0.25) is 5.91 Å². The van der Waals surface area contributed by atoms with Crippen LogP contribution in [0.25, 0.3) is 0 Å². The van der Waals surface area contributed by atoms with Crippen molar-refractivity contribution in [1.82, 2.24) is 9.80 Å². The topological polar surface area (TPSA) is 40.6 Å². The number of carbonyl (C=O) groups excluding carboxylic acids is 2. The summed E-state index contributed by atoms with van der Waals surface area (Å²) in [5.74, 6) is 0.811. The molecule has 0 aromatic heterocycles. The zero-order valence-electron chi connectivity index (χ0n) is 15.3. The van der Waals surface area contributed by atoms with Crippen LogP contribution in [0.2, 0.25) is 0 Å². The third kappa shape index (κ3) is 4.59. The fraction of sp³-hybridized carbons (Fsp3) is 0.600. The molecule has 0 spiro atoms. The first-order valence-corrected chi connectivity index (χ1v) is 9.23. The van der Waals surface area contributed by atoms with Crippen molar-refractivity contribution >= 4 is 11.8 Å². The van der Waals surface area contributed by atoms with Gasteiger partial charge in [0.05, 0.1) is 0 Å². The van der Waals surface area contributed by atoms with Gasteiger partial charge in [-0.2, -0.15) is 0 Å². The van der Waals surface area contributed by atoms with Crippen LogP contribution in [-0.4, -0.2) is 47.8 Å². The molecule has 1 fully saturated rings. The minimum absolute atomic E-state index is 0.0792. The van der Waals surface area contributed by atoms with E-state index in [1.165, 1.54) is 5.56 Å². The highest BCUT2D eigenvalue weighted by molar-refractivity contribution is 5.94. The third-order valence-electron chi connectivity index (χ3n) is 4.94. The van der Waals surface area contributed by atoms with E-state index >= 15 is 0 Å². The summed E-state index contributed by atoms with van der Waals surface area (Å²) in [6.07, 6.45) is 3.43. The lowest BCUT2D eigenvalue weighted by Gasteiger charge is -2.22. The average Bonchev–Trinajstić information content (AvgIpc) is 2.87. The monoisotopic (exact) mass is 330 g/mol. The first kappa shape index (κ1) is 18.5. The van der Waals surface area contributed by atoms with Crippen LogP contribution in [0, 0.1) is 0 Å². The normalized spacial score (nSPS) is 16.6. The summed E-state index contributed by atoms with van der Waals surface area (Å²) in [5.41, 5.74) is 2.02. The molecule has 0 bridgehead atoms. The van der Waals surface area contributed by atoms with Crippen LogP contribution in [0.5, 0.6) is 0 Å². The summed E-state index contributed by atoms with van der Waals surface area (Å²) < 4.78 is 0.